The molecule has 9 heteroatoms. The van der Waals surface area contributed by atoms with Crippen molar-refractivity contribution >= 4 is 29.2 Å². The molecule has 4 rings (SSSR count). The lowest BCUT2D eigenvalue weighted by molar-refractivity contribution is -0.121. The summed E-state index contributed by atoms with van der Waals surface area (Å²) in [5.74, 6) is -0.536. The molecular formula is C23H30N6O3. The van der Waals surface area contributed by atoms with E-state index in [0.29, 0.717) is 24.5 Å². The summed E-state index contributed by atoms with van der Waals surface area (Å²) < 4.78 is 1.58. The van der Waals surface area contributed by atoms with Gasteiger partial charge in [0.2, 0.25) is 11.8 Å². The third-order valence-corrected chi connectivity index (χ3v) is 6.14. The molecule has 4 amide bonds. The topological polar surface area (TPSA) is 99.6 Å². The van der Waals surface area contributed by atoms with Gasteiger partial charge in [0.05, 0.1) is 5.92 Å². The van der Waals surface area contributed by atoms with Gasteiger partial charge < -0.3 is 20.4 Å². The first kappa shape index (κ1) is 21.9. The van der Waals surface area contributed by atoms with Gasteiger partial charge in [-0.2, -0.15) is 5.10 Å². The van der Waals surface area contributed by atoms with Crippen LogP contribution in [0.2, 0.25) is 0 Å². The van der Waals surface area contributed by atoms with Crippen molar-refractivity contribution in [2.75, 3.05) is 36.8 Å². The SMILES string of the molecule is C[C@@H](C(=O)Nc1cccc(NC(=O)[C@@H]2CCCN(C(=O)N3CCCC3)C2)c1)n1cccn1. The van der Waals surface area contributed by atoms with Crippen LogP contribution in [-0.2, 0) is 9.59 Å². The molecule has 0 unspecified atom stereocenters. The Balaban J connectivity index is 1.34. The Kier molecular flexibility index (Phi) is 6.72. The second-order valence-electron chi connectivity index (χ2n) is 8.48. The van der Waals surface area contributed by atoms with Crippen molar-refractivity contribution in [3.8, 4) is 0 Å². The Morgan fingerprint density at radius 3 is 2.44 bits per heavy atom. The zero-order valence-corrected chi connectivity index (χ0v) is 18.4. The summed E-state index contributed by atoms with van der Waals surface area (Å²) in [4.78, 5) is 41.8. The molecule has 0 spiro atoms. The minimum Gasteiger partial charge on any atom is -0.326 e. The number of hydrogen-bond acceptors (Lipinski definition) is 4. The molecule has 32 heavy (non-hydrogen) atoms. The maximum atomic E-state index is 12.9. The molecule has 0 aliphatic carbocycles. The third-order valence-electron chi connectivity index (χ3n) is 6.14. The highest BCUT2D eigenvalue weighted by Gasteiger charge is 2.31. The van der Waals surface area contributed by atoms with Gasteiger partial charge >= 0.3 is 6.03 Å². The maximum Gasteiger partial charge on any atom is 0.320 e. The van der Waals surface area contributed by atoms with Gasteiger partial charge in [-0.3, -0.25) is 14.3 Å². The van der Waals surface area contributed by atoms with Crippen LogP contribution in [0, 0.1) is 5.92 Å². The van der Waals surface area contributed by atoms with Crippen LogP contribution in [0.5, 0.6) is 0 Å². The molecule has 2 atom stereocenters. The van der Waals surface area contributed by atoms with Crippen molar-refractivity contribution in [2.45, 2.75) is 38.6 Å². The number of likely N-dealkylation sites (tertiary alicyclic amines) is 2. The molecule has 2 aliphatic heterocycles. The average Bonchev–Trinajstić information content (AvgIpc) is 3.53. The number of rotatable bonds is 5. The molecule has 1 aromatic carbocycles. The molecule has 2 aromatic rings. The third kappa shape index (κ3) is 5.09. The van der Waals surface area contributed by atoms with Crippen molar-refractivity contribution in [3.63, 3.8) is 0 Å². The zero-order chi connectivity index (χ0) is 22.5. The molecule has 0 bridgehead atoms. The number of hydrogen-bond donors (Lipinski definition) is 2. The predicted octanol–water partition coefficient (Wildman–Crippen LogP) is 2.95. The number of urea groups is 1. The molecule has 3 heterocycles. The standard InChI is InChI=1S/C23H30N6O3/c1-17(29-14-6-10-24-29)21(30)25-19-8-4-9-20(15-19)26-22(31)18-7-5-13-28(16-18)23(32)27-11-2-3-12-27/h4,6,8-10,14-15,17-18H,2-3,5,7,11-13,16H2,1H3,(H,25,30)(H,26,31)/t17-,18+/m0/s1. The van der Waals surface area contributed by atoms with E-state index in [9.17, 15) is 14.4 Å². The Bertz CT molecular complexity index is 954. The van der Waals surface area contributed by atoms with E-state index in [1.165, 1.54) is 0 Å². The van der Waals surface area contributed by atoms with Crippen LogP contribution in [0.3, 0.4) is 0 Å². The summed E-state index contributed by atoms with van der Waals surface area (Å²) in [6.07, 6.45) is 7.05. The van der Waals surface area contributed by atoms with Crippen LogP contribution >= 0.6 is 0 Å². The molecule has 1 aromatic heterocycles. The van der Waals surface area contributed by atoms with Crippen LogP contribution in [-0.4, -0.2) is 63.6 Å². The molecule has 2 saturated heterocycles. The Morgan fingerprint density at radius 2 is 1.72 bits per heavy atom. The molecule has 0 radical (unpaired) electrons. The first-order chi connectivity index (χ1) is 15.5. The summed E-state index contributed by atoms with van der Waals surface area (Å²) in [6, 6.07) is 8.46. The first-order valence-electron chi connectivity index (χ1n) is 11.3. The maximum absolute atomic E-state index is 12.9. The minimum absolute atomic E-state index is 0.0519. The summed E-state index contributed by atoms with van der Waals surface area (Å²) in [7, 11) is 0. The number of anilines is 2. The van der Waals surface area contributed by atoms with E-state index < -0.39 is 6.04 Å². The Labute approximate surface area is 187 Å². The molecule has 9 nitrogen and oxygen atoms in total. The number of piperidine rings is 1. The highest BCUT2D eigenvalue weighted by Crippen LogP contribution is 2.23. The van der Waals surface area contributed by atoms with Gasteiger partial charge in [0.1, 0.15) is 6.04 Å². The summed E-state index contributed by atoms with van der Waals surface area (Å²) in [6.45, 7) is 4.54. The number of carbonyl (C=O) groups is 3. The largest absolute Gasteiger partial charge is 0.326 e. The number of amides is 4. The number of carbonyl (C=O) groups excluding carboxylic acids is 3. The van der Waals surface area contributed by atoms with E-state index in [4.69, 9.17) is 0 Å². The van der Waals surface area contributed by atoms with Gasteiger partial charge in [0, 0.05) is 49.9 Å². The Morgan fingerprint density at radius 1 is 1.00 bits per heavy atom. The summed E-state index contributed by atoms with van der Waals surface area (Å²) in [5, 5.41) is 9.92. The normalized spacial score (nSPS) is 19.5. The van der Waals surface area contributed by atoms with Gasteiger partial charge in [-0.15, -0.1) is 0 Å². The second-order valence-corrected chi connectivity index (χ2v) is 8.48. The Hall–Kier alpha value is -3.36. The van der Waals surface area contributed by atoms with Gasteiger partial charge in [0.25, 0.3) is 0 Å². The smallest absolute Gasteiger partial charge is 0.320 e. The minimum atomic E-state index is -0.454. The molecular weight excluding hydrogens is 408 g/mol. The van der Waals surface area contributed by atoms with Gasteiger partial charge in [-0.05, 0) is 56.9 Å². The molecule has 2 fully saturated rings. The summed E-state index contributed by atoms with van der Waals surface area (Å²) in [5.41, 5.74) is 1.21. The average molecular weight is 439 g/mol. The monoisotopic (exact) mass is 438 g/mol. The first-order valence-corrected chi connectivity index (χ1v) is 11.3. The molecule has 2 N–H and O–H groups in total. The molecule has 0 saturated carbocycles. The molecule has 170 valence electrons. The van der Waals surface area contributed by atoms with Gasteiger partial charge in [-0.1, -0.05) is 6.07 Å². The highest BCUT2D eigenvalue weighted by molar-refractivity contribution is 5.96. The lowest BCUT2D eigenvalue weighted by Crippen LogP contribution is -2.48. The van der Waals surface area contributed by atoms with E-state index in [1.54, 1.807) is 54.3 Å². The van der Waals surface area contributed by atoms with E-state index in [-0.39, 0.29) is 23.8 Å². The fourth-order valence-corrected chi connectivity index (χ4v) is 4.27. The van der Waals surface area contributed by atoms with Crippen molar-refractivity contribution in [2.24, 2.45) is 5.92 Å². The quantitative estimate of drug-likeness (QED) is 0.750. The van der Waals surface area contributed by atoms with Crippen LogP contribution in [0.15, 0.2) is 42.7 Å². The van der Waals surface area contributed by atoms with E-state index in [0.717, 1.165) is 38.8 Å². The number of nitrogens with zero attached hydrogens (tertiary/aromatic N) is 4. The van der Waals surface area contributed by atoms with Crippen LogP contribution in [0.4, 0.5) is 16.2 Å². The number of aromatic nitrogens is 2. The molecule has 2 aliphatic rings. The van der Waals surface area contributed by atoms with Crippen LogP contribution in [0.25, 0.3) is 0 Å². The second kappa shape index (κ2) is 9.84. The predicted molar refractivity (Wildman–Crippen MR) is 121 cm³/mol. The van der Waals surface area contributed by atoms with Gasteiger partial charge in [-0.25, -0.2) is 4.79 Å². The van der Waals surface area contributed by atoms with Crippen molar-refractivity contribution in [3.05, 3.63) is 42.7 Å². The van der Waals surface area contributed by atoms with Crippen molar-refractivity contribution in [1.82, 2.24) is 19.6 Å². The van der Waals surface area contributed by atoms with E-state index in [1.807, 2.05) is 9.80 Å². The van der Waals surface area contributed by atoms with Crippen LogP contribution < -0.4 is 10.6 Å². The van der Waals surface area contributed by atoms with E-state index in [2.05, 4.69) is 15.7 Å². The summed E-state index contributed by atoms with van der Waals surface area (Å²) >= 11 is 0. The zero-order valence-electron chi connectivity index (χ0n) is 18.4. The van der Waals surface area contributed by atoms with Crippen molar-refractivity contribution in [1.29, 1.82) is 0 Å². The number of nitrogens with one attached hydrogen (secondary N) is 2. The van der Waals surface area contributed by atoms with Gasteiger partial charge in [0.15, 0.2) is 0 Å². The fourth-order valence-electron chi connectivity index (χ4n) is 4.27. The van der Waals surface area contributed by atoms with E-state index >= 15 is 0 Å². The lowest BCUT2D eigenvalue weighted by Gasteiger charge is -2.34. The number of benzene rings is 1. The van der Waals surface area contributed by atoms with Crippen molar-refractivity contribution < 1.29 is 14.4 Å². The fraction of sp³-hybridized carbons (Fsp3) is 0.478. The van der Waals surface area contributed by atoms with Crippen LogP contribution in [0.1, 0.15) is 38.6 Å². The lowest BCUT2D eigenvalue weighted by atomic mass is 9.97. The highest BCUT2D eigenvalue weighted by atomic mass is 16.2.